The zero-order valence-electron chi connectivity index (χ0n) is 16.7. The molecule has 1 fully saturated rings. The maximum absolute atomic E-state index is 13.1. The Bertz CT molecular complexity index is 970. The van der Waals surface area contributed by atoms with E-state index in [4.69, 9.17) is 4.74 Å². The minimum Gasteiger partial charge on any atom is -0.495 e. The van der Waals surface area contributed by atoms with Gasteiger partial charge in [0.05, 0.1) is 12.9 Å². The molecule has 2 aromatic carbocycles. The molecule has 0 spiro atoms. The summed E-state index contributed by atoms with van der Waals surface area (Å²) < 4.78 is 32.9. The van der Waals surface area contributed by atoms with Crippen molar-refractivity contribution in [2.24, 2.45) is 0 Å². The number of hydrogen-bond donors (Lipinski definition) is 1. The summed E-state index contributed by atoms with van der Waals surface area (Å²) in [7, 11) is -2.23. The molecule has 29 heavy (non-hydrogen) atoms. The first-order valence-corrected chi connectivity index (χ1v) is 12.0. The van der Waals surface area contributed by atoms with Crippen molar-refractivity contribution in [2.75, 3.05) is 31.3 Å². The fourth-order valence-corrected chi connectivity index (χ4v) is 5.76. The van der Waals surface area contributed by atoms with Crippen molar-refractivity contribution in [3.05, 3.63) is 48.0 Å². The lowest BCUT2D eigenvalue weighted by atomic mass is 10.2. The Balaban J connectivity index is 1.73. The van der Waals surface area contributed by atoms with Gasteiger partial charge in [0.1, 0.15) is 10.6 Å². The van der Waals surface area contributed by atoms with E-state index in [1.165, 1.54) is 29.2 Å². The van der Waals surface area contributed by atoms with Crippen LogP contribution in [0.1, 0.15) is 24.8 Å². The van der Waals surface area contributed by atoms with Crippen molar-refractivity contribution >= 4 is 33.4 Å². The molecular formula is C21H26N2O4S2. The summed E-state index contributed by atoms with van der Waals surface area (Å²) in [5.74, 6) is 0.328. The van der Waals surface area contributed by atoms with Crippen LogP contribution in [0.2, 0.25) is 0 Å². The Labute approximate surface area is 176 Å². The molecule has 0 saturated carbocycles. The van der Waals surface area contributed by atoms with Gasteiger partial charge in [-0.15, -0.1) is 11.8 Å². The number of anilines is 1. The third-order valence-corrected chi connectivity index (χ3v) is 7.65. The van der Waals surface area contributed by atoms with Crippen LogP contribution in [-0.4, -0.2) is 44.6 Å². The Hall–Kier alpha value is -2.03. The van der Waals surface area contributed by atoms with Gasteiger partial charge < -0.3 is 10.1 Å². The average Bonchev–Trinajstić information content (AvgIpc) is 2.73. The van der Waals surface area contributed by atoms with Gasteiger partial charge in [0, 0.05) is 23.7 Å². The number of ether oxygens (including phenoxy) is 1. The van der Waals surface area contributed by atoms with Gasteiger partial charge in [0.2, 0.25) is 15.9 Å². The molecule has 1 heterocycles. The molecule has 0 bridgehead atoms. The number of piperidine rings is 1. The Morgan fingerprint density at radius 2 is 1.90 bits per heavy atom. The van der Waals surface area contributed by atoms with Crippen molar-refractivity contribution in [2.45, 2.75) is 36.0 Å². The monoisotopic (exact) mass is 434 g/mol. The molecule has 3 rings (SSSR count). The van der Waals surface area contributed by atoms with E-state index in [9.17, 15) is 13.2 Å². The minimum atomic E-state index is -3.67. The lowest BCUT2D eigenvalue weighted by Gasteiger charge is -2.26. The van der Waals surface area contributed by atoms with Crippen LogP contribution in [0.25, 0.3) is 0 Å². The number of thioether (sulfide) groups is 1. The summed E-state index contributed by atoms with van der Waals surface area (Å²) in [6.07, 6.45) is 2.75. The lowest BCUT2D eigenvalue weighted by molar-refractivity contribution is -0.113. The Kier molecular flexibility index (Phi) is 7.21. The third kappa shape index (κ3) is 5.52. The third-order valence-electron chi connectivity index (χ3n) is 4.74. The van der Waals surface area contributed by atoms with Gasteiger partial charge in [-0.3, -0.25) is 4.79 Å². The molecule has 0 aliphatic carbocycles. The topological polar surface area (TPSA) is 75.7 Å². The molecule has 6 nitrogen and oxygen atoms in total. The molecule has 0 aromatic heterocycles. The number of carbonyl (C=O) groups excluding carboxylic acids is 1. The second-order valence-corrected chi connectivity index (χ2v) is 9.94. The summed E-state index contributed by atoms with van der Waals surface area (Å²) in [5.41, 5.74) is 1.58. The standard InChI is InChI=1S/C21H26N2O4S2/c1-16-7-6-8-18(13-16)28-15-21(24)22-17-9-10-19(27-2)20(14-17)29(25,26)23-11-4-3-5-12-23/h6-10,13-14H,3-5,11-12,15H2,1-2H3,(H,22,24). The molecule has 1 amide bonds. The quantitative estimate of drug-likeness (QED) is 0.669. The molecule has 8 heteroatoms. The van der Waals surface area contributed by atoms with E-state index in [2.05, 4.69) is 5.32 Å². The molecule has 156 valence electrons. The van der Waals surface area contributed by atoms with Gasteiger partial charge in [-0.1, -0.05) is 24.1 Å². The second kappa shape index (κ2) is 9.65. The summed E-state index contributed by atoms with van der Waals surface area (Å²) in [4.78, 5) is 13.5. The zero-order valence-corrected chi connectivity index (χ0v) is 18.3. The van der Waals surface area contributed by atoms with Crippen molar-refractivity contribution in [3.8, 4) is 5.75 Å². The normalized spacial score (nSPS) is 15.1. The van der Waals surface area contributed by atoms with Crippen LogP contribution >= 0.6 is 11.8 Å². The first-order valence-electron chi connectivity index (χ1n) is 9.57. The minimum absolute atomic E-state index is 0.0889. The number of nitrogens with one attached hydrogen (secondary N) is 1. The number of hydrogen-bond acceptors (Lipinski definition) is 5. The second-order valence-electron chi connectivity index (χ2n) is 6.98. The highest BCUT2D eigenvalue weighted by atomic mass is 32.2. The van der Waals surface area contributed by atoms with Gasteiger partial charge >= 0.3 is 0 Å². The molecule has 1 aliphatic rings. The first-order chi connectivity index (χ1) is 13.9. The molecular weight excluding hydrogens is 408 g/mol. The lowest BCUT2D eigenvalue weighted by Crippen LogP contribution is -2.35. The van der Waals surface area contributed by atoms with Crippen LogP contribution < -0.4 is 10.1 Å². The van der Waals surface area contributed by atoms with Crippen LogP contribution in [0.5, 0.6) is 5.75 Å². The number of nitrogens with zero attached hydrogens (tertiary/aromatic N) is 1. The number of carbonyl (C=O) groups is 1. The zero-order chi connectivity index (χ0) is 20.9. The molecule has 1 N–H and O–H groups in total. The summed E-state index contributed by atoms with van der Waals surface area (Å²) in [5, 5.41) is 2.80. The maximum Gasteiger partial charge on any atom is 0.246 e. The molecule has 0 radical (unpaired) electrons. The highest BCUT2D eigenvalue weighted by Crippen LogP contribution is 2.31. The highest BCUT2D eigenvalue weighted by molar-refractivity contribution is 8.00. The fraction of sp³-hybridized carbons (Fsp3) is 0.381. The molecule has 0 atom stereocenters. The van der Waals surface area contributed by atoms with E-state index >= 15 is 0 Å². The largest absolute Gasteiger partial charge is 0.495 e. The van der Waals surface area contributed by atoms with Gasteiger partial charge in [0.15, 0.2) is 0 Å². The fourth-order valence-electron chi connectivity index (χ4n) is 3.25. The predicted octanol–water partition coefficient (Wildman–Crippen LogP) is 3.91. The number of methoxy groups -OCH3 is 1. The Morgan fingerprint density at radius 3 is 2.59 bits per heavy atom. The van der Waals surface area contributed by atoms with Gasteiger partial charge in [-0.05, 0) is 50.1 Å². The van der Waals surface area contributed by atoms with Crippen molar-refractivity contribution in [1.29, 1.82) is 0 Å². The maximum atomic E-state index is 13.1. The van der Waals surface area contributed by atoms with Crippen LogP contribution in [0.3, 0.4) is 0 Å². The van der Waals surface area contributed by atoms with E-state index in [0.717, 1.165) is 29.7 Å². The first kappa shape index (κ1) is 21.7. The summed E-state index contributed by atoms with van der Waals surface area (Å²) in [6.45, 7) is 3.02. The van der Waals surface area contributed by atoms with Gasteiger partial charge in [0.25, 0.3) is 0 Å². The SMILES string of the molecule is COc1ccc(NC(=O)CSc2cccc(C)c2)cc1S(=O)(=O)N1CCCCC1. The molecule has 1 aliphatic heterocycles. The van der Waals surface area contributed by atoms with Crippen molar-refractivity contribution < 1.29 is 17.9 Å². The van der Waals surface area contributed by atoms with Gasteiger partial charge in [-0.25, -0.2) is 8.42 Å². The van der Waals surface area contributed by atoms with Crippen LogP contribution in [0.15, 0.2) is 52.3 Å². The number of aryl methyl sites for hydroxylation is 1. The highest BCUT2D eigenvalue weighted by Gasteiger charge is 2.29. The van der Waals surface area contributed by atoms with Crippen molar-refractivity contribution in [3.63, 3.8) is 0 Å². The van der Waals surface area contributed by atoms with Crippen LogP contribution in [-0.2, 0) is 14.8 Å². The van der Waals surface area contributed by atoms with E-state index in [1.807, 2.05) is 31.2 Å². The van der Waals surface area contributed by atoms with E-state index in [1.54, 1.807) is 12.1 Å². The van der Waals surface area contributed by atoms with Crippen LogP contribution in [0, 0.1) is 6.92 Å². The van der Waals surface area contributed by atoms with Crippen LogP contribution in [0.4, 0.5) is 5.69 Å². The van der Waals surface area contributed by atoms with Gasteiger partial charge in [-0.2, -0.15) is 4.31 Å². The number of amides is 1. The Morgan fingerprint density at radius 1 is 1.14 bits per heavy atom. The summed E-state index contributed by atoms with van der Waals surface area (Å²) in [6, 6.07) is 12.7. The summed E-state index contributed by atoms with van der Waals surface area (Å²) >= 11 is 1.44. The smallest absolute Gasteiger partial charge is 0.246 e. The number of rotatable bonds is 7. The van der Waals surface area contributed by atoms with Crippen molar-refractivity contribution in [1.82, 2.24) is 4.31 Å². The molecule has 1 saturated heterocycles. The molecule has 2 aromatic rings. The number of sulfonamides is 1. The predicted molar refractivity (Wildman–Crippen MR) is 116 cm³/mol. The van der Waals surface area contributed by atoms with E-state index in [0.29, 0.717) is 18.8 Å². The van der Waals surface area contributed by atoms with E-state index in [-0.39, 0.29) is 22.3 Å². The number of benzene rings is 2. The van der Waals surface area contributed by atoms with E-state index < -0.39 is 10.0 Å². The average molecular weight is 435 g/mol. The molecule has 0 unspecified atom stereocenters.